The molecular formula is C15H19BrClN3O. The lowest BCUT2D eigenvalue weighted by atomic mass is 10.1. The number of halogens is 2. The van der Waals surface area contributed by atoms with E-state index in [0.717, 1.165) is 35.8 Å². The van der Waals surface area contributed by atoms with Crippen LogP contribution in [0.5, 0.6) is 0 Å². The fourth-order valence-corrected chi connectivity index (χ4v) is 2.71. The van der Waals surface area contributed by atoms with Crippen molar-refractivity contribution in [2.75, 3.05) is 6.54 Å². The van der Waals surface area contributed by atoms with Crippen molar-refractivity contribution in [2.24, 2.45) is 0 Å². The van der Waals surface area contributed by atoms with E-state index in [2.05, 4.69) is 45.2 Å². The maximum Gasteiger partial charge on any atom is 0.228 e. The molecule has 0 radical (unpaired) electrons. The Hall–Kier alpha value is -0.910. The van der Waals surface area contributed by atoms with E-state index < -0.39 is 0 Å². The van der Waals surface area contributed by atoms with E-state index in [1.165, 1.54) is 0 Å². The molecule has 0 saturated heterocycles. The number of benzene rings is 1. The molecule has 1 aromatic carbocycles. The standard InChI is InChI=1S/C15H19BrClN3O/c1-3-5-11(18-4-2)9-14-19-15(20-21-14)10-6-7-13(17)12(16)8-10/h6-8,11,18H,3-5,9H2,1-2H3. The summed E-state index contributed by atoms with van der Waals surface area (Å²) in [5, 5.41) is 8.16. The third kappa shape index (κ3) is 4.53. The lowest BCUT2D eigenvalue weighted by Crippen LogP contribution is -2.30. The largest absolute Gasteiger partial charge is 0.339 e. The van der Waals surface area contributed by atoms with Gasteiger partial charge in [0.05, 0.1) is 5.02 Å². The highest BCUT2D eigenvalue weighted by atomic mass is 79.9. The van der Waals surface area contributed by atoms with Gasteiger partial charge in [0.15, 0.2) is 0 Å². The molecule has 1 atom stereocenters. The first kappa shape index (κ1) is 16.5. The molecule has 0 aliphatic heterocycles. The van der Waals surface area contributed by atoms with Crippen LogP contribution in [0.1, 0.15) is 32.6 Å². The number of likely N-dealkylation sites (N-methyl/N-ethyl adjacent to an activating group) is 1. The topological polar surface area (TPSA) is 51.0 Å². The molecule has 0 amide bonds. The van der Waals surface area contributed by atoms with Crippen molar-refractivity contribution in [1.29, 1.82) is 0 Å². The molecule has 0 fully saturated rings. The van der Waals surface area contributed by atoms with E-state index in [0.29, 0.717) is 22.8 Å². The average Bonchev–Trinajstić information content (AvgIpc) is 2.91. The van der Waals surface area contributed by atoms with Gasteiger partial charge in [0, 0.05) is 22.5 Å². The van der Waals surface area contributed by atoms with Crippen LogP contribution in [0.4, 0.5) is 0 Å². The summed E-state index contributed by atoms with van der Waals surface area (Å²) in [5.74, 6) is 1.25. The monoisotopic (exact) mass is 371 g/mol. The lowest BCUT2D eigenvalue weighted by Gasteiger charge is -2.14. The maximum absolute atomic E-state index is 5.99. The van der Waals surface area contributed by atoms with Gasteiger partial charge in [-0.05, 0) is 47.1 Å². The van der Waals surface area contributed by atoms with E-state index in [1.807, 2.05) is 18.2 Å². The summed E-state index contributed by atoms with van der Waals surface area (Å²) in [5.41, 5.74) is 0.886. The van der Waals surface area contributed by atoms with Crippen LogP contribution in [0.2, 0.25) is 5.02 Å². The number of hydrogen-bond donors (Lipinski definition) is 1. The molecule has 1 unspecified atom stereocenters. The van der Waals surface area contributed by atoms with Crippen LogP contribution in [-0.2, 0) is 6.42 Å². The Bertz CT molecular complexity index is 582. The molecular weight excluding hydrogens is 354 g/mol. The van der Waals surface area contributed by atoms with Gasteiger partial charge in [0.1, 0.15) is 0 Å². The SMILES string of the molecule is CCCC(Cc1nc(-c2ccc(Cl)c(Br)c2)no1)NCC. The third-order valence-corrected chi connectivity index (χ3v) is 4.41. The Kier molecular flexibility index (Phi) is 6.21. The predicted octanol–water partition coefficient (Wildman–Crippen LogP) is 4.47. The lowest BCUT2D eigenvalue weighted by molar-refractivity contribution is 0.352. The maximum atomic E-state index is 5.99. The van der Waals surface area contributed by atoms with Crippen LogP contribution in [0, 0.1) is 0 Å². The van der Waals surface area contributed by atoms with Gasteiger partial charge < -0.3 is 9.84 Å². The molecule has 2 rings (SSSR count). The highest BCUT2D eigenvalue weighted by molar-refractivity contribution is 9.10. The average molecular weight is 373 g/mol. The molecule has 0 aliphatic rings. The van der Waals surface area contributed by atoms with Crippen molar-refractivity contribution in [3.05, 3.63) is 33.6 Å². The molecule has 6 heteroatoms. The molecule has 0 spiro atoms. The molecule has 21 heavy (non-hydrogen) atoms. The van der Waals surface area contributed by atoms with Crippen LogP contribution in [0.15, 0.2) is 27.2 Å². The summed E-state index contributed by atoms with van der Waals surface area (Å²) in [4.78, 5) is 4.47. The predicted molar refractivity (Wildman–Crippen MR) is 88.5 cm³/mol. The summed E-state index contributed by atoms with van der Waals surface area (Å²) >= 11 is 9.40. The van der Waals surface area contributed by atoms with Crippen LogP contribution in [0.25, 0.3) is 11.4 Å². The van der Waals surface area contributed by atoms with Crippen molar-refractivity contribution in [3.8, 4) is 11.4 Å². The summed E-state index contributed by atoms with van der Waals surface area (Å²) in [6.07, 6.45) is 2.98. The van der Waals surface area contributed by atoms with Crippen molar-refractivity contribution < 1.29 is 4.52 Å². The van der Waals surface area contributed by atoms with Crippen LogP contribution in [0.3, 0.4) is 0 Å². The minimum atomic E-state index is 0.380. The Morgan fingerprint density at radius 1 is 1.38 bits per heavy atom. The zero-order valence-corrected chi connectivity index (χ0v) is 14.5. The summed E-state index contributed by atoms with van der Waals surface area (Å²) in [7, 11) is 0. The van der Waals surface area contributed by atoms with Crippen LogP contribution in [-0.4, -0.2) is 22.7 Å². The van der Waals surface area contributed by atoms with Gasteiger partial charge in [-0.15, -0.1) is 0 Å². The molecule has 0 bridgehead atoms. The second-order valence-corrected chi connectivity index (χ2v) is 6.15. The summed E-state index contributed by atoms with van der Waals surface area (Å²) in [6, 6.07) is 5.97. The molecule has 0 aliphatic carbocycles. The van der Waals surface area contributed by atoms with E-state index in [1.54, 1.807) is 0 Å². The Morgan fingerprint density at radius 3 is 2.86 bits per heavy atom. The van der Waals surface area contributed by atoms with Gasteiger partial charge in [-0.3, -0.25) is 0 Å². The Morgan fingerprint density at radius 2 is 2.19 bits per heavy atom. The third-order valence-electron chi connectivity index (χ3n) is 3.20. The fourth-order valence-electron chi connectivity index (χ4n) is 2.21. The van der Waals surface area contributed by atoms with E-state index >= 15 is 0 Å². The zero-order valence-electron chi connectivity index (χ0n) is 12.2. The first-order chi connectivity index (χ1) is 10.1. The van der Waals surface area contributed by atoms with Gasteiger partial charge >= 0.3 is 0 Å². The minimum absolute atomic E-state index is 0.380. The van der Waals surface area contributed by atoms with E-state index in [-0.39, 0.29) is 0 Å². The first-order valence-electron chi connectivity index (χ1n) is 7.15. The number of nitrogens with one attached hydrogen (secondary N) is 1. The Labute approximate surface area is 138 Å². The van der Waals surface area contributed by atoms with Gasteiger partial charge in [0.2, 0.25) is 11.7 Å². The van der Waals surface area contributed by atoms with Crippen molar-refractivity contribution in [2.45, 2.75) is 39.2 Å². The fraction of sp³-hybridized carbons (Fsp3) is 0.467. The zero-order chi connectivity index (χ0) is 15.2. The Balaban J connectivity index is 2.11. The molecule has 4 nitrogen and oxygen atoms in total. The van der Waals surface area contributed by atoms with Gasteiger partial charge in [-0.1, -0.05) is 37.0 Å². The second kappa shape index (κ2) is 7.92. The van der Waals surface area contributed by atoms with Gasteiger partial charge in [-0.2, -0.15) is 4.98 Å². The number of rotatable bonds is 7. The molecule has 1 aromatic heterocycles. The van der Waals surface area contributed by atoms with Crippen LogP contribution >= 0.6 is 27.5 Å². The van der Waals surface area contributed by atoms with Gasteiger partial charge in [-0.25, -0.2) is 0 Å². The minimum Gasteiger partial charge on any atom is -0.339 e. The van der Waals surface area contributed by atoms with Crippen molar-refractivity contribution >= 4 is 27.5 Å². The molecule has 1 N–H and O–H groups in total. The first-order valence-corrected chi connectivity index (χ1v) is 8.32. The molecule has 0 saturated carbocycles. The van der Waals surface area contributed by atoms with E-state index in [4.69, 9.17) is 16.1 Å². The van der Waals surface area contributed by atoms with Crippen molar-refractivity contribution in [3.63, 3.8) is 0 Å². The normalized spacial score (nSPS) is 12.6. The smallest absolute Gasteiger partial charge is 0.228 e. The molecule has 2 aromatic rings. The second-order valence-electron chi connectivity index (χ2n) is 4.89. The number of aromatic nitrogens is 2. The molecule has 114 valence electrons. The highest BCUT2D eigenvalue weighted by Crippen LogP contribution is 2.27. The number of nitrogens with zero attached hydrogens (tertiary/aromatic N) is 2. The molecule has 1 heterocycles. The quantitative estimate of drug-likeness (QED) is 0.779. The highest BCUT2D eigenvalue weighted by Gasteiger charge is 2.14. The van der Waals surface area contributed by atoms with Crippen molar-refractivity contribution in [1.82, 2.24) is 15.5 Å². The number of hydrogen-bond acceptors (Lipinski definition) is 4. The van der Waals surface area contributed by atoms with Gasteiger partial charge in [0.25, 0.3) is 0 Å². The van der Waals surface area contributed by atoms with E-state index in [9.17, 15) is 0 Å². The summed E-state index contributed by atoms with van der Waals surface area (Å²) in [6.45, 7) is 5.22. The van der Waals surface area contributed by atoms with Crippen LogP contribution < -0.4 is 5.32 Å². The summed E-state index contributed by atoms with van der Waals surface area (Å²) < 4.78 is 6.19.